The summed E-state index contributed by atoms with van der Waals surface area (Å²) in [6.45, 7) is 3.71. The molecule has 5 heteroatoms. The van der Waals surface area contributed by atoms with Crippen molar-refractivity contribution in [3.05, 3.63) is 34.3 Å². The Hall–Kier alpha value is -0.0600. The van der Waals surface area contributed by atoms with Crippen molar-refractivity contribution < 1.29 is 8.42 Å². The normalized spacial score (nSPS) is 12.8. The molecule has 2 nitrogen and oxygen atoms in total. The van der Waals surface area contributed by atoms with Gasteiger partial charge in [0.25, 0.3) is 0 Å². The standard InChI is InChI=1S/C10H12BrClO2S/c1-10(2,7-15(12,13)14)8-4-3-5-9(11)6-8/h3-6H,7H2,1-2H3. The van der Waals surface area contributed by atoms with Gasteiger partial charge in [0.15, 0.2) is 0 Å². The SMILES string of the molecule is CC(C)(CS(=O)(=O)Cl)c1cccc(Br)c1. The molecule has 0 aliphatic heterocycles. The van der Waals surface area contributed by atoms with Gasteiger partial charge in [0, 0.05) is 20.6 Å². The first-order valence-electron chi connectivity index (χ1n) is 4.39. The van der Waals surface area contributed by atoms with Crippen LogP contribution in [0.3, 0.4) is 0 Å². The average Bonchev–Trinajstić information content (AvgIpc) is 1.99. The van der Waals surface area contributed by atoms with Crippen molar-refractivity contribution in [2.24, 2.45) is 0 Å². The number of rotatable bonds is 3. The van der Waals surface area contributed by atoms with Crippen molar-refractivity contribution in [2.45, 2.75) is 19.3 Å². The molecule has 1 aromatic rings. The first-order chi connectivity index (χ1) is 6.71. The van der Waals surface area contributed by atoms with Gasteiger partial charge >= 0.3 is 0 Å². The highest BCUT2D eigenvalue weighted by Gasteiger charge is 2.26. The third kappa shape index (κ3) is 4.13. The van der Waals surface area contributed by atoms with Crippen LogP contribution in [0.4, 0.5) is 0 Å². The first kappa shape index (κ1) is 13.0. The van der Waals surface area contributed by atoms with E-state index >= 15 is 0 Å². The maximum absolute atomic E-state index is 11.1. The molecule has 1 rings (SSSR count). The van der Waals surface area contributed by atoms with Gasteiger partial charge in [-0.05, 0) is 17.7 Å². The van der Waals surface area contributed by atoms with Gasteiger partial charge in [0.2, 0.25) is 9.05 Å². The van der Waals surface area contributed by atoms with E-state index in [4.69, 9.17) is 10.7 Å². The zero-order valence-electron chi connectivity index (χ0n) is 8.50. The molecule has 0 bridgehead atoms. The van der Waals surface area contributed by atoms with Crippen molar-refractivity contribution in [1.29, 1.82) is 0 Å². The lowest BCUT2D eigenvalue weighted by Gasteiger charge is -2.23. The Labute approximate surface area is 103 Å². The van der Waals surface area contributed by atoms with E-state index in [0.717, 1.165) is 10.0 Å². The van der Waals surface area contributed by atoms with Crippen molar-refractivity contribution in [1.82, 2.24) is 0 Å². The largest absolute Gasteiger partial charge is 0.233 e. The smallest absolute Gasteiger partial charge is 0.212 e. The van der Waals surface area contributed by atoms with Crippen LogP contribution >= 0.6 is 26.6 Å². The van der Waals surface area contributed by atoms with Gasteiger partial charge in [0.1, 0.15) is 0 Å². The molecule has 0 aromatic heterocycles. The van der Waals surface area contributed by atoms with Crippen LogP contribution in [-0.4, -0.2) is 14.2 Å². The van der Waals surface area contributed by atoms with Crippen LogP contribution in [0, 0.1) is 0 Å². The molecule has 15 heavy (non-hydrogen) atoms. The van der Waals surface area contributed by atoms with Crippen molar-refractivity contribution in [3.63, 3.8) is 0 Å². The van der Waals surface area contributed by atoms with E-state index in [-0.39, 0.29) is 5.75 Å². The van der Waals surface area contributed by atoms with Crippen LogP contribution in [0.5, 0.6) is 0 Å². The van der Waals surface area contributed by atoms with Crippen LogP contribution < -0.4 is 0 Å². The summed E-state index contributed by atoms with van der Waals surface area (Å²) in [4.78, 5) is 0. The molecule has 1 aromatic carbocycles. The molecule has 0 radical (unpaired) electrons. The molecule has 0 heterocycles. The van der Waals surface area contributed by atoms with E-state index in [9.17, 15) is 8.42 Å². The second-order valence-electron chi connectivity index (χ2n) is 4.08. The summed E-state index contributed by atoms with van der Waals surface area (Å²) in [5.74, 6) is -0.0714. The lowest BCUT2D eigenvalue weighted by Crippen LogP contribution is -2.25. The Bertz CT molecular complexity index is 454. The Morgan fingerprint density at radius 3 is 2.47 bits per heavy atom. The molecule has 0 N–H and O–H groups in total. The van der Waals surface area contributed by atoms with Crippen LogP contribution in [0.1, 0.15) is 19.4 Å². The van der Waals surface area contributed by atoms with E-state index in [1.54, 1.807) is 0 Å². The van der Waals surface area contributed by atoms with E-state index < -0.39 is 14.5 Å². The number of benzene rings is 1. The first-order valence-corrected chi connectivity index (χ1v) is 7.66. The maximum Gasteiger partial charge on any atom is 0.233 e. The van der Waals surface area contributed by atoms with Crippen molar-refractivity contribution >= 4 is 35.7 Å². The summed E-state index contributed by atoms with van der Waals surface area (Å²) < 4.78 is 23.0. The van der Waals surface area contributed by atoms with Gasteiger partial charge in [-0.25, -0.2) is 8.42 Å². The second-order valence-corrected chi connectivity index (χ2v) is 7.77. The molecule has 0 aliphatic rings. The Morgan fingerprint density at radius 2 is 2.00 bits per heavy atom. The third-order valence-electron chi connectivity index (χ3n) is 2.14. The Morgan fingerprint density at radius 1 is 1.40 bits per heavy atom. The summed E-state index contributed by atoms with van der Waals surface area (Å²) in [5, 5.41) is 0. The molecule has 0 saturated carbocycles. The highest BCUT2D eigenvalue weighted by Crippen LogP contribution is 2.28. The van der Waals surface area contributed by atoms with Gasteiger partial charge in [-0.1, -0.05) is 41.9 Å². The van der Waals surface area contributed by atoms with E-state index in [1.807, 2.05) is 38.1 Å². The predicted molar refractivity (Wildman–Crippen MR) is 66.8 cm³/mol. The van der Waals surface area contributed by atoms with Crippen molar-refractivity contribution in [2.75, 3.05) is 5.75 Å². The summed E-state index contributed by atoms with van der Waals surface area (Å²) in [7, 11) is 1.78. The van der Waals surface area contributed by atoms with Gasteiger partial charge in [0.05, 0.1) is 5.75 Å². The average molecular weight is 312 g/mol. The van der Waals surface area contributed by atoms with E-state index in [2.05, 4.69) is 15.9 Å². The fourth-order valence-corrected chi connectivity index (χ4v) is 3.67. The second kappa shape index (κ2) is 4.44. The van der Waals surface area contributed by atoms with Gasteiger partial charge in [-0.3, -0.25) is 0 Å². The Kier molecular flexibility index (Phi) is 3.85. The van der Waals surface area contributed by atoms with Crippen LogP contribution in [-0.2, 0) is 14.5 Å². The molecule has 0 aliphatic carbocycles. The maximum atomic E-state index is 11.1. The lowest BCUT2D eigenvalue weighted by molar-refractivity contribution is 0.557. The summed E-state index contributed by atoms with van der Waals surface area (Å²) in [6.07, 6.45) is 0. The monoisotopic (exact) mass is 310 g/mol. The fourth-order valence-electron chi connectivity index (χ4n) is 1.42. The molecule has 0 saturated heterocycles. The minimum atomic E-state index is -3.49. The van der Waals surface area contributed by atoms with Crippen LogP contribution in [0.25, 0.3) is 0 Å². The van der Waals surface area contributed by atoms with Gasteiger partial charge in [-0.15, -0.1) is 0 Å². The quantitative estimate of drug-likeness (QED) is 0.803. The molecule has 0 atom stereocenters. The minimum absolute atomic E-state index is 0.0714. The lowest BCUT2D eigenvalue weighted by atomic mass is 9.87. The van der Waals surface area contributed by atoms with Crippen LogP contribution in [0.2, 0.25) is 0 Å². The number of halogens is 2. The third-order valence-corrected chi connectivity index (χ3v) is 4.03. The summed E-state index contributed by atoms with van der Waals surface area (Å²) >= 11 is 3.35. The molecule has 0 fully saturated rings. The van der Waals surface area contributed by atoms with Gasteiger partial charge < -0.3 is 0 Å². The zero-order valence-corrected chi connectivity index (χ0v) is 11.7. The number of hydrogen-bond donors (Lipinski definition) is 0. The van der Waals surface area contributed by atoms with E-state index in [1.165, 1.54) is 0 Å². The molecular formula is C10H12BrClO2S. The fraction of sp³-hybridized carbons (Fsp3) is 0.400. The molecule has 84 valence electrons. The molecular weight excluding hydrogens is 300 g/mol. The molecule has 0 unspecified atom stereocenters. The molecule has 0 amide bonds. The molecule has 0 spiro atoms. The minimum Gasteiger partial charge on any atom is -0.212 e. The van der Waals surface area contributed by atoms with Gasteiger partial charge in [-0.2, -0.15) is 0 Å². The summed E-state index contributed by atoms with van der Waals surface area (Å²) in [5.41, 5.74) is 0.464. The highest BCUT2D eigenvalue weighted by atomic mass is 79.9. The predicted octanol–water partition coefficient (Wildman–Crippen LogP) is 3.30. The zero-order chi connectivity index (χ0) is 11.7. The van der Waals surface area contributed by atoms with Crippen LogP contribution in [0.15, 0.2) is 28.7 Å². The van der Waals surface area contributed by atoms with E-state index in [0.29, 0.717) is 0 Å². The number of hydrogen-bond acceptors (Lipinski definition) is 2. The Balaban J connectivity index is 3.06. The highest BCUT2D eigenvalue weighted by molar-refractivity contribution is 9.10. The topological polar surface area (TPSA) is 34.1 Å². The van der Waals surface area contributed by atoms with Crippen molar-refractivity contribution in [3.8, 4) is 0 Å². The summed E-state index contributed by atoms with van der Waals surface area (Å²) in [6, 6.07) is 7.58.